The summed E-state index contributed by atoms with van der Waals surface area (Å²) < 4.78 is 22.6. The van der Waals surface area contributed by atoms with Crippen LogP contribution in [-0.4, -0.2) is 40.0 Å². The van der Waals surface area contributed by atoms with E-state index in [0.29, 0.717) is 11.8 Å². The van der Waals surface area contributed by atoms with Crippen molar-refractivity contribution in [2.75, 3.05) is 27.4 Å². The minimum atomic E-state index is -0.126. The third-order valence-electron chi connectivity index (χ3n) is 7.48. The van der Waals surface area contributed by atoms with Crippen molar-refractivity contribution in [3.05, 3.63) is 12.2 Å². The number of rotatable bonds is 8. The summed E-state index contributed by atoms with van der Waals surface area (Å²) >= 11 is 0. The van der Waals surface area contributed by atoms with Crippen LogP contribution in [-0.2, 0) is 18.9 Å². The topological polar surface area (TPSA) is 36.9 Å². The predicted molar refractivity (Wildman–Crippen MR) is 91.1 cm³/mol. The largest absolute Gasteiger partial charge is 0.356 e. The highest BCUT2D eigenvalue weighted by molar-refractivity contribution is 5.21. The lowest BCUT2D eigenvalue weighted by Crippen LogP contribution is -2.41. The number of hydrogen-bond acceptors (Lipinski definition) is 4. The van der Waals surface area contributed by atoms with Crippen LogP contribution in [0.25, 0.3) is 0 Å². The Morgan fingerprint density at radius 2 is 1.25 bits per heavy atom. The zero-order valence-electron chi connectivity index (χ0n) is 15.4. The Morgan fingerprint density at radius 3 is 1.67 bits per heavy atom. The van der Waals surface area contributed by atoms with Crippen molar-refractivity contribution in [3.8, 4) is 0 Å². The molecular weight excluding hydrogens is 304 g/mol. The normalized spacial score (nSPS) is 47.3. The van der Waals surface area contributed by atoms with Crippen molar-refractivity contribution in [2.24, 2.45) is 47.3 Å². The molecule has 4 bridgehead atoms. The second-order valence-electron chi connectivity index (χ2n) is 8.27. The highest BCUT2D eigenvalue weighted by atomic mass is 16.7. The van der Waals surface area contributed by atoms with Crippen molar-refractivity contribution in [3.63, 3.8) is 0 Å². The lowest BCUT2D eigenvalue weighted by Gasteiger charge is -2.42. The van der Waals surface area contributed by atoms with Crippen LogP contribution in [0.1, 0.15) is 26.7 Å². The minimum absolute atomic E-state index is 0.126. The molecule has 0 saturated heterocycles. The Morgan fingerprint density at radius 1 is 0.792 bits per heavy atom. The van der Waals surface area contributed by atoms with Gasteiger partial charge in [0.15, 0.2) is 12.6 Å². The van der Waals surface area contributed by atoms with E-state index in [1.165, 1.54) is 12.8 Å². The van der Waals surface area contributed by atoms with Gasteiger partial charge >= 0.3 is 0 Å². The first-order valence-electron chi connectivity index (χ1n) is 9.61. The van der Waals surface area contributed by atoms with E-state index in [1.807, 2.05) is 13.8 Å². The molecule has 10 atom stereocenters. The summed E-state index contributed by atoms with van der Waals surface area (Å²) in [6.45, 7) is 5.56. The summed E-state index contributed by atoms with van der Waals surface area (Å²) in [6, 6.07) is 0. The maximum Gasteiger partial charge on any atom is 0.154 e. The second kappa shape index (κ2) is 6.71. The molecule has 0 amide bonds. The van der Waals surface area contributed by atoms with Gasteiger partial charge in [-0.3, -0.25) is 0 Å². The van der Waals surface area contributed by atoms with Crippen LogP contribution in [0.5, 0.6) is 0 Å². The zero-order chi connectivity index (χ0) is 16.8. The van der Waals surface area contributed by atoms with Gasteiger partial charge in [-0.05, 0) is 74.0 Å². The van der Waals surface area contributed by atoms with Gasteiger partial charge in [-0.2, -0.15) is 0 Å². The highest BCUT2D eigenvalue weighted by Crippen LogP contribution is 2.68. The SMILES string of the molecule is COC(C)OCC1C(COC(C)OC)C2CC1C1C3C=CC(C3)C21. The van der Waals surface area contributed by atoms with Gasteiger partial charge in [0.25, 0.3) is 0 Å². The number of hydrogen-bond donors (Lipinski definition) is 0. The Balaban J connectivity index is 1.48. The van der Waals surface area contributed by atoms with E-state index < -0.39 is 0 Å². The van der Waals surface area contributed by atoms with E-state index in [-0.39, 0.29) is 12.6 Å². The quantitative estimate of drug-likeness (QED) is 0.387. The fourth-order valence-corrected chi connectivity index (χ4v) is 6.41. The lowest BCUT2D eigenvalue weighted by atomic mass is 9.65. The van der Waals surface area contributed by atoms with E-state index in [4.69, 9.17) is 18.9 Å². The summed E-state index contributed by atoms with van der Waals surface area (Å²) in [7, 11) is 3.42. The Hall–Kier alpha value is -0.420. The first-order chi connectivity index (χ1) is 11.6. The van der Waals surface area contributed by atoms with Gasteiger partial charge in [-0.1, -0.05) is 12.2 Å². The van der Waals surface area contributed by atoms with Gasteiger partial charge in [-0.25, -0.2) is 0 Å². The van der Waals surface area contributed by atoms with E-state index in [0.717, 1.165) is 48.7 Å². The molecule has 0 aromatic heterocycles. The molecule has 0 aliphatic heterocycles. The third kappa shape index (κ3) is 2.66. The van der Waals surface area contributed by atoms with E-state index in [2.05, 4.69) is 12.2 Å². The van der Waals surface area contributed by atoms with Crippen LogP contribution in [0.15, 0.2) is 12.2 Å². The average molecular weight is 336 g/mol. The molecule has 136 valence electrons. The van der Waals surface area contributed by atoms with Gasteiger partial charge in [-0.15, -0.1) is 0 Å². The van der Waals surface area contributed by atoms with Crippen molar-refractivity contribution < 1.29 is 18.9 Å². The first-order valence-corrected chi connectivity index (χ1v) is 9.61. The molecule has 4 aliphatic rings. The van der Waals surface area contributed by atoms with Gasteiger partial charge in [0, 0.05) is 14.2 Å². The molecule has 0 radical (unpaired) electrons. The predicted octanol–water partition coefficient (Wildman–Crippen LogP) is 3.32. The minimum Gasteiger partial charge on any atom is -0.356 e. The Labute approximate surface area is 145 Å². The standard InChI is InChI=1S/C20H32O4/c1-11(21-3)23-9-17-15-8-16(18(17)10-24-12(2)22-4)20-14-6-5-13(7-14)19(15)20/h5-6,11-20H,7-10H2,1-4H3. The average Bonchev–Trinajstić information content (AvgIpc) is 3.35. The number of fused-ring (bicyclic) bond motifs is 9. The van der Waals surface area contributed by atoms with Crippen molar-refractivity contribution in [1.82, 2.24) is 0 Å². The molecule has 4 rings (SSSR count). The fraction of sp³-hybridized carbons (Fsp3) is 0.900. The summed E-state index contributed by atoms with van der Waals surface area (Å²) in [6.07, 6.45) is 7.52. The summed E-state index contributed by atoms with van der Waals surface area (Å²) in [5.74, 6) is 6.26. The van der Waals surface area contributed by atoms with Crippen molar-refractivity contribution in [1.29, 1.82) is 0 Å². The number of ether oxygens (including phenoxy) is 4. The van der Waals surface area contributed by atoms with Crippen molar-refractivity contribution >= 4 is 0 Å². The summed E-state index contributed by atoms with van der Waals surface area (Å²) in [4.78, 5) is 0. The number of methoxy groups -OCH3 is 2. The molecule has 4 nitrogen and oxygen atoms in total. The maximum atomic E-state index is 5.99. The van der Waals surface area contributed by atoms with Crippen LogP contribution >= 0.6 is 0 Å². The second-order valence-corrected chi connectivity index (χ2v) is 8.27. The molecule has 0 N–H and O–H groups in total. The highest BCUT2D eigenvalue weighted by Gasteiger charge is 2.64. The molecule has 4 aliphatic carbocycles. The van der Waals surface area contributed by atoms with Crippen LogP contribution < -0.4 is 0 Å². The van der Waals surface area contributed by atoms with Gasteiger partial charge in [0.05, 0.1) is 13.2 Å². The maximum absolute atomic E-state index is 5.99. The third-order valence-corrected chi connectivity index (χ3v) is 7.48. The Bertz CT molecular complexity index is 438. The van der Waals surface area contributed by atoms with Crippen LogP contribution in [0.4, 0.5) is 0 Å². The van der Waals surface area contributed by atoms with E-state index >= 15 is 0 Å². The summed E-state index contributed by atoms with van der Waals surface area (Å²) in [5.41, 5.74) is 0. The molecule has 0 spiro atoms. The Kier molecular flexibility index (Phi) is 4.76. The molecule has 24 heavy (non-hydrogen) atoms. The molecule has 4 heteroatoms. The molecule has 3 fully saturated rings. The number of allylic oxidation sites excluding steroid dienone is 2. The smallest absolute Gasteiger partial charge is 0.154 e. The van der Waals surface area contributed by atoms with E-state index in [9.17, 15) is 0 Å². The lowest BCUT2D eigenvalue weighted by molar-refractivity contribution is -0.154. The van der Waals surface area contributed by atoms with Gasteiger partial charge in [0.2, 0.25) is 0 Å². The van der Waals surface area contributed by atoms with Crippen LogP contribution in [0.3, 0.4) is 0 Å². The summed E-state index contributed by atoms with van der Waals surface area (Å²) in [5, 5.41) is 0. The van der Waals surface area contributed by atoms with Gasteiger partial charge < -0.3 is 18.9 Å². The molecule has 0 aromatic rings. The van der Waals surface area contributed by atoms with E-state index in [1.54, 1.807) is 14.2 Å². The fourth-order valence-electron chi connectivity index (χ4n) is 6.41. The molecule has 0 heterocycles. The van der Waals surface area contributed by atoms with Crippen molar-refractivity contribution in [2.45, 2.75) is 39.3 Å². The molecular formula is C20H32O4. The van der Waals surface area contributed by atoms with Gasteiger partial charge in [0.1, 0.15) is 0 Å². The van der Waals surface area contributed by atoms with Crippen LogP contribution in [0, 0.1) is 47.3 Å². The monoisotopic (exact) mass is 336 g/mol. The zero-order valence-corrected chi connectivity index (χ0v) is 15.4. The van der Waals surface area contributed by atoms with Crippen LogP contribution in [0.2, 0.25) is 0 Å². The first kappa shape index (κ1) is 17.0. The molecule has 0 aromatic carbocycles. The molecule has 10 unspecified atom stereocenters. The molecule has 3 saturated carbocycles.